The van der Waals surface area contributed by atoms with Crippen molar-refractivity contribution >= 4 is 29.4 Å². The number of aryl methyl sites for hydroxylation is 1. The van der Waals surface area contributed by atoms with Crippen LogP contribution in [-0.2, 0) is 14.4 Å². The van der Waals surface area contributed by atoms with E-state index in [2.05, 4.69) is 16.0 Å². The summed E-state index contributed by atoms with van der Waals surface area (Å²) in [5.41, 5.74) is 1.73. The summed E-state index contributed by atoms with van der Waals surface area (Å²) < 4.78 is 0. The Kier molecular flexibility index (Phi) is 6.20. The molecule has 1 aromatic carbocycles. The Labute approximate surface area is 158 Å². The van der Waals surface area contributed by atoms with Crippen LogP contribution in [0.2, 0.25) is 0 Å². The van der Waals surface area contributed by atoms with Gasteiger partial charge in [0.05, 0.1) is 6.54 Å². The number of benzene rings is 1. The number of nitrogens with one attached hydrogen (secondary N) is 3. The lowest BCUT2D eigenvalue weighted by Crippen LogP contribution is -2.47. The molecule has 0 aliphatic carbocycles. The first-order valence-electron chi connectivity index (χ1n) is 9.01. The molecule has 2 rings (SSSR count). The van der Waals surface area contributed by atoms with Gasteiger partial charge in [0, 0.05) is 5.69 Å². The zero-order valence-electron chi connectivity index (χ0n) is 16.1. The predicted octanol–water partition coefficient (Wildman–Crippen LogP) is 1.47. The van der Waals surface area contributed by atoms with Gasteiger partial charge in [-0.2, -0.15) is 0 Å². The second-order valence-corrected chi connectivity index (χ2v) is 6.68. The zero-order chi connectivity index (χ0) is 20.2. The molecule has 0 spiro atoms. The van der Waals surface area contributed by atoms with Crippen molar-refractivity contribution in [3.05, 3.63) is 29.3 Å². The van der Waals surface area contributed by atoms with E-state index in [1.165, 1.54) is 0 Å². The van der Waals surface area contributed by atoms with Gasteiger partial charge in [-0.25, -0.2) is 4.79 Å². The minimum atomic E-state index is -0.947. The first-order chi connectivity index (χ1) is 12.7. The van der Waals surface area contributed by atoms with E-state index in [0.29, 0.717) is 18.5 Å². The molecular formula is C19H26N4O4. The maximum Gasteiger partial charge on any atom is 0.325 e. The van der Waals surface area contributed by atoms with Gasteiger partial charge in [0.25, 0.3) is 5.91 Å². The van der Waals surface area contributed by atoms with Crippen LogP contribution < -0.4 is 16.0 Å². The van der Waals surface area contributed by atoms with Gasteiger partial charge in [-0.05, 0) is 43.9 Å². The highest BCUT2D eigenvalue weighted by molar-refractivity contribution is 6.09. The molecule has 1 aliphatic rings. The fourth-order valence-electron chi connectivity index (χ4n) is 3.01. The molecule has 0 bridgehead atoms. The first-order valence-corrected chi connectivity index (χ1v) is 9.01. The van der Waals surface area contributed by atoms with Crippen molar-refractivity contribution in [2.24, 2.45) is 0 Å². The largest absolute Gasteiger partial charge is 0.345 e. The SMILES string of the molecule is CCC1(CC)NC(=O)N(CC(=O)NCC(=O)Nc2cccc(C)c2C)C1=O. The number of urea groups is 1. The van der Waals surface area contributed by atoms with Crippen molar-refractivity contribution in [1.82, 2.24) is 15.5 Å². The Morgan fingerprint density at radius 1 is 1.11 bits per heavy atom. The molecule has 5 amide bonds. The molecule has 8 heteroatoms. The van der Waals surface area contributed by atoms with Crippen molar-refractivity contribution in [3.63, 3.8) is 0 Å². The van der Waals surface area contributed by atoms with E-state index in [9.17, 15) is 19.2 Å². The fourth-order valence-corrected chi connectivity index (χ4v) is 3.01. The monoisotopic (exact) mass is 374 g/mol. The first kappa shape index (κ1) is 20.4. The molecule has 0 atom stereocenters. The lowest BCUT2D eigenvalue weighted by molar-refractivity contribution is -0.135. The van der Waals surface area contributed by atoms with Crippen molar-refractivity contribution in [2.45, 2.75) is 46.1 Å². The Balaban J connectivity index is 1.89. The number of hydrogen-bond donors (Lipinski definition) is 3. The van der Waals surface area contributed by atoms with Crippen molar-refractivity contribution < 1.29 is 19.2 Å². The number of nitrogens with zero attached hydrogens (tertiary/aromatic N) is 1. The van der Waals surface area contributed by atoms with Crippen LogP contribution in [0.25, 0.3) is 0 Å². The smallest absolute Gasteiger partial charge is 0.325 e. The molecule has 1 saturated heterocycles. The van der Waals surface area contributed by atoms with Crippen LogP contribution in [0, 0.1) is 13.8 Å². The molecule has 0 saturated carbocycles. The number of amides is 5. The quantitative estimate of drug-likeness (QED) is 0.628. The van der Waals surface area contributed by atoms with Crippen molar-refractivity contribution in [1.29, 1.82) is 0 Å². The molecule has 0 radical (unpaired) electrons. The van der Waals surface area contributed by atoms with Crippen LogP contribution in [-0.4, -0.2) is 47.3 Å². The van der Waals surface area contributed by atoms with Crippen LogP contribution in [0.1, 0.15) is 37.8 Å². The average Bonchev–Trinajstić information content (AvgIpc) is 2.88. The fraction of sp³-hybridized carbons (Fsp3) is 0.474. The molecule has 1 aromatic rings. The Morgan fingerprint density at radius 3 is 2.37 bits per heavy atom. The molecule has 3 N–H and O–H groups in total. The van der Waals surface area contributed by atoms with Gasteiger partial charge in [0.1, 0.15) is 12.1 Å². The van der Waals surface area contributed by atoms with Gasteiger partial charge in [0.2, 0.25) is 11.8 Å². The third kappa shape index (κ3) is 4.27. The summed E-state index contributed by atoms with van der Waals surface area (Å²) in [6.45, 7) is 6.80. The lowest BCUT2D eigenvalue weighted by atomic mass is 9.93. The minimum Gasteiger partial charge on any atom is -0.345 e. The maximum atomic E-state index is 12.5. The van der Waals surface area contributed by atoms with Crippen molar-refractivity contribution in [3.8, 4) is 0 Å². The zero-order valence-corrected chi connectivity index (χ0v) is 16.1. The second kappa shape index (κ2) is 8.20. The second-order valence-electron chi connectivity index (χ2n) is 6.68. The molecular weight excluding hydrogens is 348 g/mol. The van der Waals surface area contributed by atoms with E-state index in [1.54, 1.807) is 6.07 Å². The highest BCUT2D eigenvalue weighted by Crippen LogP contribution is 2.24. The molecule has 0 aromatic heterocycles. The van der Waals surface area contributed by atoms with E-state index >= 15 is 0 Å². The lowest BCUT2D eigenvalue weighted by Gasteiger charge is -2.22. The highest BCUT2D eigenvalue weighted by atomic mass is 16.2. The van der Waals surface area contributed by atoms with Crippen molar-refractivity contribution in [2.75, 3.05) is 18.4 Å². The Bertz CT molecular complexity index is 771. The Hall–Kier alpha value is -2.90. The van der Waals surface area contributed by atoms with E-state index in [0.717, 1.165) is 16.0 Å². The summed E-state index contributed by atoms with van der Waals surface area (Å²) >= 11 is 0. The number of hydrogen-bond acceptors (Lipinski definition) is 4. The standard InChI is InChI=1S/C19H26N4O4/c1-5-19(6-2)17(26)23(18(27)22-19)11-16(25)20-10-15(24)21-14-9-7-8-12(3)13(14)4/h7-9H,5-6,10-11H2,1-4H3,(H,20,25)(H,21,24)(H,22,27). The number of carbonyl (C=O) groups is 4. The van der Waals surface area contributed by atoms with E-state index < -0.39 is 29.9 Å². The minimum absolute atomic E-state index is 0.247. The summed E-state index contributed by atoms with van der Waals surface area (Å²) in [4.78, 5) is 49.5. The molecule has 1 heterocycles. The number of imide groups is 1. The van der Waals surface area contributed by atoms with Gasteiger partial charge in [-0.1, -0.05) is 26.0 Å². The summed E-state index contributed by atoms with van der Waals surface area (Å²) in [6.07, 6.45) is 0.898. The Morgan fingerprint density at radius 2 is 1.78 bits per heavy atom. The van der Waals surface area contributed by atoms with Gasteiger partial charge in [0.15, 0.2) is 0 Å². The van der Waals surface area contributed by atoms with Gasteiger partial charge < -0.3 is 16.0 Å². The third-order valence-electron chi connectivity index (χ3n) is 5.08. The van der Waals surface area contributed by atoms with Crippen LogP contribution in [0.4, 0.5) is 10.5 Å². The van der Waals surface area contributed by atoms with E-state index in [1.807, 2.05) is 39.8 Å². The number of carbonyl (C=O) groups excluding carboxylic acids is 4. The van der Waals surface area contributed by atoms with E-state index in [4.69, 9.17) is 0 Å². The number of anilines is 1. The molecule has 1 fully saturated rings. The van der Waals surface area contributed by atoms with Crippen LogP contribution in [0.5, 0.6) is 0 Å². The van der Waals surface area contributed by atoms with Gasteiger partial charge in [-0.15, -0.1) is 0 Å². The molecule has 0 unspecified atom stereocenters. The normalized spacial score (nSPS) is 15.5. The summed E-state index contributed by atoms with van der Waals surface area (Å²) in [5, 5.41) is 7.84. The molecule has 8 nitrogen and oxygen atoms in total. The van der Waals surface area contributed by atoms with Crippen LogP contribution in [0.3, 0.4) is 0 Å². The third-order valence-corrected chi connectivity index (χ3v) is 5.08. The summed E-state index contributed by atoms with van der Waals surface area (Å²) in [5.74, 6) is -1.36. The molecule has 146 valence electrons. The van der Waals surface area contributed by atoms with E-state index in [-0.39, 0.29) is 12.5 Å². The molecule has 27 heavy (non-hydrogen) atoms. The van der Waals surface area contributed by atoms with Crippen LogP contribution in [0.15, 0.2) is 18.2 Å². The van der Waals surface area contributed by atoms with Gasteiger partial charge in [-0.3, -0.25) is 19.3 Å². The molecule has 1 aliphatic heterocycles. The summed E-state index contributed by atoms with van der Waals surface area (Å²) in [7, 11) is 0. The maximum absolute atomic E-state index is 12.5. The topological polar surface area (TPSA) is 108 Å². The van der Waals surface area contributed by atoms with Crippen LogP contribution >= 0.6 is 0 Å². The number of rotatable bonds is 7. The summed E-state index contributed by atoms with van der Waals surface area (Å²) in [6, 6.07) is 4.97. The van der Waals surface area contributed by atoms with Gasteiger partial charge >= 0.3 is 6.03 Å². The highest BCUT2D eigenvalue weighted by Gasteiger charge is 2.49. The average molecular weight is 374 g/mol. The predicted molar refractivity (Wildman–Crippen MR) is 101 cm³/mol.